The summed E-state index contributed by atoms with van der Waals surface area (Å²) in [6.45, 7) is -0.0395. The molecule has 1 heterocycles. The van der Waals surface area contributed by atoms with Gasteiger partial charge in [0, 0.05) is 6.54 Å². The second-order valence-electron chi connectivity index (χ2n) is 5.28. The van der Waals surface area contributed by atoms with Gasteiger partial charge in [0.25, 0.3) is 0 Å². The molecule has 1 fully saturated rings. The van der Waals surface area contributed by atoms with Crippen molar-refractivity contribution in [3.05, 3.63) is 29.3 Å². The van der Waals surface area contributed by atoms with Crippen molar-refractivity contribution in [2.75, 3.05) is 6.54 Å². The Balaban J connectivity index is 2.50. The van der Waals surface area contributed by atoms with Gasteiger partial charge in [0.05, 0.1) is 22.1 Å². The van der Waals surface area contributed by atoms with E-state index >= 15 is 0 Å². The van der Waals surface area contributed by atoms with Crippen LogP contribution in [0, 0.1) is 11.3 Å². The lowest BCUT2D eigenvalue weighted by Gasteiger charge is -2.31. The van der Waals surface area contributed by atoms with Crippen molar-refractivity contribution in [2.45, 2.75) is 36.4 Å². The Morgan fingerprint density at radius 3 is 2.54 bits per heavy atom. The molecule has 6 nitrogen and oxygen atoms in total. The number of alkyl halides is 3. The molecule has 1 aliphatic heterocycles. The SMILES string of the molecule is N#Cc1cc(S(=O)(=O)N2CCCCC2C(=O)O)ccc1C(F)(F)F. The molecule has 0 amide bonds. The smallest absolute Gasteiger partial charge is 0.417 e. The van der Waals surface area contributed by atoms with Crippen LogP contribution in [0.3, 0.4) is 0 Å². The van der Waals surface area contributed by atoms with E-state index in [0.717, 1.165) is 10.4 Å². The van der Waals surface area contributed by atoms with E-state index in [1.807, 2.05) is 0 Å². The van der Waals surface area contributed by atoms with Gasteiger partial charge in [-0.2, -0.15) is 22.7 Å². The van der Waals surface area contributed by atoms with Gasteiger partial charge < -0.3 is 5.11 Å². The summed E-state index contributed by atoms with van der Waals surface area (Å²) in [5.41, 5.74) is -2.06. The number of carboxylic acid groups (broad SMARTS) is 1. The number of nitriles is 1. The van der Waals surface area contributed by atoms with Crippen molar-refractivity contribution >= 4 is 16.0 Å². The lowest BCUT2D eigenvalue weighted by Crippen LogP contribution is -2.47. The van der Waals surface area contributed by atoms with Gasteiger partial charge in [-0.25, -0.2) is 8.42 Å². The quantitative estimate of drug-likeness (QED) is 0.889. The molecule has 24 heavy (non-hydrogen) atoms. The first-order chi connectivity index (χ1) is 11.1. The van der Waals surface area contributed by atoms with Gasteiger partial charge in [-0.05, 0) is 37.5 Å². The topological polar surface area (TPSA) is 98.5 Å². The van der Waals surface area contributed by atoms with Crippen molar-refractivity contribution in [1.29, 1.82) is 5.26 Å². The largest absolute Gasteiger partial charge is 0.480 e. The summed E-state index contributed by atoms with van der Waals surface area (Å²) in [5.74, 6) is -1.31. The lowest BCUT2D eigenvalue weighted by molar-refractivity contribution is -0.142. The first kappa shape index (κ1) is 18.2. The molecule has 1 unspecified atom stereocenters. The molecule has 10 heteroatoms. The number of piperidine rings is 1. The molecule has 1 aromatic rings. The van der Waals surface area contributed by atoms with Crippen LogP contribution in [0.1, 0.15) is 30.4 Å². The first-order valence-electron chi connectivity index (χ1n) is 6.95. The van der Waals surface area contributed by atoms with Gasteiger partial charge in [0.2, 0.25) is 10.0 Å². The fourth-order valence-electron chi connectivity index (χ4n) is 2.60. The average molecular weight is 362 g/mol. The minimum Gasteiger partial charge on any atom is -0.480 e. The zero-order chi connectivity index (χ0) is 18.1. The third-order valence-corrected chi connectivity index (χ3v) is 5.67. The molecule has 1 atom stereocenters. The van der Waals surface area contributed by atoms with Gasteiger partial charge in [-0.3, -0.25) is 4.79 Å². The molecule has 1 saturated heterocycles. The highest BCUT2D eigenvalue weighted by molar-refractivity contribution is 7.89. The highest BCUT2D eigenvalue weighted by atomic mass is 32.2. The van der Waals surface area contributed by atoms with Crippen LogP contribution in [0.4, 0.5) is 13.2 Å². The number of sulfonamides is 1. The van der Waals surface area contributed by atoms with E-state index in [4.69, 9.17) is 10.4 Å². The number of carboxylic acids is 1. The van der Waals surface area contributed by atoms with E-state index < -0.39 is 44.2 Å². The maximum absolute atomic E-state index is 12.8. The zero-order valence-electron chi connectivity index (χ0n) is 12.2. The molecule has 1 aromatic carbocycles. The predicted molar refractivity (Wildman–Crippen MR) is 75.3 cm³/mol. The van der Waals surface area contributed by atoms with Crippen LogP contribution in [0.15, 0.2) is 23.1 Å². The molecule has 0 saturated carbocycles. The highest BCUT2D eigenvalue weighted by Gasteiger charge is 2.39. The molecular formula is C14H13F3N2O4S. The van der Waals surface area contributed by atoms with E-state index in [1.165, 1.54) is 6.07 Å². The van der Waals surface area contributed by atoms with Crippen molar-refractivity contribution in [1.82, 2.24) is 4.31 Å². The molecule has 0 aliphatic carbocycles. The molecule has 0 radical (unpaired) electrons. The zero-order valence-corrected chi connectivity index (χ0v) is 13.1. The Bertz CT molecular complexity index is 799. The van der Waals surface area contributed by atoms with E-state index in [0.29, 0.717) is 25.0 Å². The first-order valence-corrected chi connectivity index (χ1v) is 8.39. The maximum Gasteiger partial charge on any atom is 0.417 e. The van der Waals surface area contributed by atoms with Crippen LogP contribution in [-0.2, 0) is 21.0 Å². The molecule has 1 aliphatic rings. The fraction of sp³-hybridized carbons (Fsp3) is 0.429. The third kappa shape index (κ3) is 3.37. The van der Waals surface area contributed by atoms with E-state index in [9.17, 15) is 26.4 Å². The van der Waals surface area contributed by atoms with Crippen molar-refractivity contribution < 1.29 is 31.5 Å². The number of benzene rings is 1. The molecule has 1 N–H and O–H groups in total. The molecule has 0 bridgehead atoms. The lowest BCUT2D eigenvalue weighted by atomic mass is 10.1. The molecule has 2 rings (SSSR count). The van der Waals surface area contributed by atoms with Gasteiger partial charge in [-0.15, -0.1) is 0 Å². The van der Waals surface area contributed by atoms with E-state index in [-0.39, 0.29) is 13.0 Å². The Morgan fingerprint density at radius 2 is 2.00 bits per heavy atom. The van der Waals surface area contributed by atoms with Crippen LogP contribution in [0.5, 0.6) is 0 Å². The predicted octanol–water partition coefficient (Wildman–Crippen LogP) is 2.20. The molecular weight excluding hydrogens is 349 g/mol. The number of halogens is 3. The van der Waals surface area contributed by atoms with Gasteiger partial charge in [0.1, 0.15) is 6.04 Å². The fourth-order valence-corrected chi connectivity index (χ4v) is 4.28. The Labute approximate surface area is 136 Å². The summed E-state index contributed by atoms with van der Waals surface area (Å²) in [6.07, 6.45) is -3.67. The minimum atomic E-state index is -4.79. The number of carbonyl (C=O) groups is 1. The highest BCUT2D eigenvalue weighted by Crippen LogP contribution is 2.34. The summed E-state index contributed by atoms with van der Waals surface area (Å²) in [7, 11) is -4.32. The number of hydrogen-bond donors (Lipinski definition) is 1. The second kappa shape index (κ2) is 6.41. The summed E-state index contributed by atoms with van der Waals surface area (Å²) in [4.78, 5) is 10.7. The minimum absolute atomic E-state index is 0.0395. The molecule has 0 aromatic heterocycles. The summed E-state index contributed by atoms with van der Waals surface area (Å²) >= 11 is 0. The van der Waals surface area contributed by atoms with Crippen LogP contribution >= 0.6 is 0 Å². The summed E-state index contributed by atoms with van der Waals surface area (Å²) < 4.78 is 64.4. The maximum atomic E-state index is 12.8. The van der Waals surface area contributed by atoms with Crippen molar-refractivity contribution in [3.8, 4) is 6.07 Å². The Morgan fingerprint density at radius 1 is 1.33 bits per heavy atom. The van der Waals surface area contributed by atoms with Crippen molar-refractivity contribution in [2.24, 2.45) is 0 Å². The third-order valence-electron chi connectivity index (χ3n) is 3.76. The normalized spacial score (nSPS) is 19.7. The van der Waals surface area contributed by atoms with E-state index in [2.05, 4.69) is 0 Å². The monoisotopic (exact) mass is 362 g/mol. The van der Waals surface area contributed by atoms with Gasteiger partial charge >= 0.3 is 12.1 Å². The van der Waals surface area contributed by atoms with E-state index in [1.54, 1.807) is 0 Å². The number of aliphatic carboxylic acids is 1. The Hall–Kier alpha value is -2.12. The number of rotatable bonds is 3. The molecule has 0 spiro atoms. The summed E-state index contributed by atoms with van der Waals surface area (Å²) in [6, 6.07) is 1.96. The van der Waals surface area contributed by atoms with Crippen LogP contribution in [-0.4, -0.2) is 36.4 Å². The van der Waals surface area contributed by atoms with Gasteiger partial charge in [0.15, 0.2) is 0 Å². The van der Waals surface area contributed by atoms with Gasteiger partial charge in [-0.1, -0.05) is 0 Å². The average Bonchev–Trinajstić information content (AvgIpc) is 2.53. The number of hydrogen-bond acceptors (Lipinski definition) is 4. The summed E-state index contributed by atoms with van der Waals surface area (Å²) in [5, 5.41) is 18.0. The Kier molecular flexibility index (Phi) is 4.87. The van der Waals surface area contributed by atoms with Crippen LogP contribution in [0.25, 0.3) is 0 Å². The molecule has 130 valence electrons. The standard InChI is InChI=1S/C14H13F3N2O4S/c15-14(16,17)11-5-4-10(7-9(11)8-18)24(22,23)19-6-2-1-3-12(19)13(20)21/h4-5,7,12H,1-3,6H2,(H,20,21). The van der Waals surface area contributed by atoms with Crippen molar-refractivity contribution in [3.63, 3.8) is 0 Å². The van der Waals surface area contributed by atoms with Crippen LogP contribution in [0.2, 0.25) is 0 Å². The second-order valence-corrected chi connectivity index (χ2v) is 7.17. The van der Waals surface area contributed by atoms with Crippen LogP contribution < -0.4 is 0 Å². The number of nitrogens with zero attached hydrogens (tertiary/aromatic N) is 2.